The average molecular weight is 262 g/mol. The predicted octanol–water partition coefficient (Wildman–Crippen LogP) is 2.33. The van der Waals surface area contributed by atoms with Crippen molar-refractivity contribution in [3.63, 3.8) is 0 Å². The number of methoxy groups -OCH3 is 1. The predicted molar refractivity (Wildman–Crippen MR) is 76.6 cm³/mol. The molecule has 1 unspecified atom stereocenters. The van der Waals surface area contributed by atoms with Crippen LogP contribution in [0.5, 0.6) is 5.75 Å². The van der Waals surface area contributed by atoms with Crippen molar-refractivity contribution in [2.75, 3.05) is 25.5 Å². The Morgan fingerprint density at radius 1 is 1.53 bits per heavy atom. The number of anilines is 1. The maximum atomic E-state index is 12.0. The highest BCUT2D eigenvalue weighted by molar-refractivity contribution is 5.92. The van der Waals surface area contributed by atoms with Crippen molar-refractivity contribution in [2.24, 2.45) is 5.92 Å². The van der Waals surface area contributed by atoms with Crippen LogP contribution in [0.1, 0.15) is 24.8 Å². The summed E-state index contributed by atoms with van der Waals surface area (Å²) < 4.78 is 5.29. The Bertz CT molecular complexity index is 440. The molecule has 1 heterocycles. The molecular weight excluding hydrogens is 240 g/mol. The summed E-state index contributed by atoms with van der Waals surface area (Å²) in [6.45, 7) is 4.02. The molecule has 2 N–H and O–H groups in total. The van der Waals surface area contributed by atoms with Crippen molar-refractivity contribution >= 4 is 11.6 Å². The van der Waals surface area contributed by atoms with Gasteiger partial charge in [0.05, 0.1) is 12.8 Å². The molecule has 4 nitrogen and oxygen atoms in total. The van der Waals surface area contributed by atoms with E-state index in [1.165, 1.54) is 0 Å². The van der Waals surface area contributed by atoms with Crippen LogP contribution in [0.15, 0.2) is 18.2 Å². The maximum absolute atomic E-state index is 12.0. The number of ether oxygens (including phenoxy) is 1. The van der Waals surface area contributed by atoms with Crippen LogP contribution < -0.4 is 15.4 Å². The number of carbonyl (C=O) groups is 1. The minimum absolute atomic E-state index is 0.0656. The summed E-state index contributed by atoms with van der Waals surface area (Å²) in [6.07, 6.45) is 2.86. The van der Waals surface area contributed by atoms with Gasteiger partial charge in [-0.2, -0.15) is 0 Å². The number of aryl methyl sites for hydroxylation is 1. The van der Waals surface area contributed by atoms with Crippen LogP contribution in [0.3, 0.4) is 0 Å². The second-order valence-corrected chi connectivity index (χ2v) is 5.17. The summed E-state index contributed by atoms with van der Waals surface area (Å²) >= 11 is 0. The largest absolute Gasteiger partial charge is 0.495 e. The van der Waals surface area contributed by atoms with Crippen molar-refractivity contribution in [1.82, 2.24) is 5.32 Å². The third kappa shape index (κ3) is 3.96. The number of rotatable bonds is 4. The number of nitrogens with one attached hydrogen (secondary N) is 2. The van der Waals surface area contributed by atoms with Gasteiger partial charge in [0, 0.05) is 6.42 Å². The first kappa shape index (κ1) is 13.9. The zero-order chi connectivity index (χ0) is 13.7. The summed E-state index contributed by atoms with van der Waals surface area (Å²) in [5, 5.41) is 6.27. The van der Waals surface area contributed by atoms with Gasteiger partial charge in [-0.25, -0.2) is 0 Å². The minimum atomic E-state index is 0.0656. The monoisotopic (exact) mass is 262 g/mol. The van der Waals surface area contributed by atoms with Gasteiger partial charge in [-0.3, -0.25) is 4.79 Å². The lowest BCUT2D eigenvalue weighted by Crippen LogP contribution is -2.32. The summed E-state index contributed by atoms with van der Waals surface area (Å²) in [6, 6.07) is 5.79. The molecule has 0 bridgehead atoms. The number of hydrogen-bond donors (Lipinski definition) is 2. The van der Waals surface area contributed by atoms with E-state index in [9.17, 15) is 4.79 Å². The lowest BCUT2D eigenvalue weighted by molar-refractivity contribution is -0.117. The van der Waals surface area contributed by atoms with E-state index < -0.39 is 0 Å². The molecule has 2 rings (SSSR count). The van der Waals surface area contributed by atoms with Gasteiger partial charge < -0.3 is 15.4 Å². The average Bonchev–Trinajstić information content (AvgIpc) is 2.42. The molecule has 0 saturated carbocycles. The SMILES string of the molecule is COc1cc(C)ccc1NC(=O)CC1CCCNC1. The number of carbonyl (C=O) groups excluding carboxylic acids is 1. The maximum Gasteiger partial charge on any atom is 0.224 e. The van der Waals surface area contributed by atoms with Gasteiger partial charge >= 0.3 is 0 Å². The molecule has 19 heavy (non-hydrogen) atoms. The standard InChI is InChI=1S/C15H22N2O2/c1-11-5-6-13(14(8-11)19-2)17-15(18)9-12-4-3-7-16-10-12/h5-6,8,12,16H,3-4,7,9-10H2,1-2H3,(H,17,18). The summed E-state index contributed by atoms with van der Waals surface area (Å²) in [4.78, 5) is 12.0. The van der Waals surface area contributed by atoms with Gasteiger partial charge in [-0.15, -0.1) is 0 Å². The van der Waals surface area contributed by atoms with Crippen molar-refractivity contribution in [3.8, 4) is 5.75 Å². The molecule has 1 amide bonds. The lowest BCUT2D eigenvalue weighted by Gasteiger charge is -2.22. The Morgan fingerprint density at radius 3 is 3.05 bits per heavy atom. The smallest absolute Gasteiger partial charge is 0.224 e. The van der Waals surface area contributed by atoms with Crippen LogP contribution in [-0.2, 0) is 4.79 Å². The Balaban J connectivity index is 1.94. The zero-order valence-electron chi connectivity index (χ0n) is 11.7. The number of amides is 1. The van der Waals surface area contributed by atoms with Crippen molar-refractivity contribution in [3.05, 3.63) is 23.8 Å². The van der Waals surface area contributed by atoms with Gasteiger partial charge in [-0.1, -0.05) is 6.07 Å². The second-order valence-electron chi connectivity index (χ2n) is 5.17. The van der Waals surface area contributed by atoms with Crippen LogP contribution in [-0.4, -0.2) is 26.1 Å². The molecule has 1 aliphatic heterocycles. The first-order valence-electron chi connectivity index (χ1n) is 6.84. The fourth-order valence-corrected chi connectivity index (χ4v) is 2.46. The van der Waals surface area contributed by atoms with Gasteiger partial charge in [-0.05, 0) is 56.5 Å². The molecule has 1 aliphatic rings. The lowest BCUT2D eigenvalue weighted by atomic mass is 9.96. The van der Waals surface area contributed by atoms with E-state index in [4.69, 9.17) is 4.74 Å². The summed E-state index contributed by atoms with van der Waals surface area (Å²) in [5.74, 6) is 1.23. The third-order valence-electron chi connectivity index (χ3n) is 3.50. The molecule has 0 aromatic heterocycles. The molecule has 1 atom stereocenters. The van der Waals surface area contributed by atoms with Crippen LogP contribution in [0, 0.1) is 12.8 Å². The fourth-order valence-electron chi connectivity index (χ4n) is 2.46. The molecule has 0 spiro atoms. The van der Waals surface area contributed by atoms with Gasteiger partial charge in [0.1, 0.15) is 5.75 Å². The van der Waals surface area contributed by atoms with Crippen LogP contribution in [0.25, 0.3) is 0 Å². The minimum Gasteiger partial charge on any atom is -0.495 e. The Morgan fingerprint density at radius 2 is 2.37 bits per heavy atom. The highest BCUT2D eigenvalue weighted by Crippen LogP contribution is 2.26. The molecule has 104 valence electrons. The first-order chi connectivity index (χ1) is 9.19. The number of piperidine rings is 1. The normalized spacial score (nSPS) is 18.9. The molecule has 1 aromatic carbocycles. The molecule has 1 fully saturated rings. The fraction of sp³-hybridized carbons (Fsp3) is 0.533. The summed E-state index contributed by atoms with van der Waals surface area (Å²) in [7, 11) is 1.62. The first-order valence-corrected chi connectivity index (χ1v) is 6.84. The highest BCUT2D eigenvalue weighted by Gasteiger charge is 2.17. The Kier molecular flexibility index (Phi) is 4.80. The van der Waals surface area contributed by atoms with Crippen molar-refractivity contribution in [2.45, 2.75) is 26.2 Å². The van der Waals surface area contributed by atoms with E-state index in [0.29, 0.717) is 12.3 Å². The number of hydrogen-bond acceptors (Lipinski definition) is 3. The van der Waals surface area contributed by atoms with Gasteiger partial charge in [0.25, 0.3) is 0 Å². The second kappa shape index (κ2) is 6.57. The Labute approximate surface area is 114 Å². The van der Waals surface area contributed by atoms with Crippen LogP contribution in [0.4, 0.5) is 5.69 Å². The van der Waals surface area contributed by atoms with E-state index in [-0.39, 0.29) is 5.91 Å². The zero-order valence-corrected chi connectivity index (χ0v) is 11.7. The van der Waals surface area contributed by atoms with E-state index in [1.54, 1.807) is 7.11 Å². The van der Waals surface area contributed by atoms with Crippen LogP contribution in [0.2, 0.25) is 0 Å². The Hall–Kier alpha value is -1.55. The quantitative estimate of drug-likeness (QED) is 0.875. The van der Waals surface area contributed by atoms with Crippen molar-refractivity contribution < 1.29 is 9.53 Å². The van der Waals surface area contributed by atoms with E-state index in [0.717, 1.165) is 42.9 Å². The van der Waals surface area contributed by atoms with Gasteiger partial charge in [0.15, 0.2) is 0 Å². The highest BCUT2D eigenvalue weighted by atomic mass is 16.5. The van der Waals surface area contributed by atoms with Crippen LogP contribution >= 0.6 is 0 Å². The van der Waals surface area contributed by atoms with E-state index in [2.05, 4.69) is 10.6 Å². The van der Waals surface area contributed by atoms with E-state index >= 15 is 0 Å². The molecule has 0 radical (unpaired) electrons. The third-order valence-corrected chi connectivity index (χ3v) is 3.50. The van der Waals surface area contributed by atoms with Crippen molar-refractivity contribution in [1.29, 1.82) is 0 Å². The topological polar surface area (TPSA) is 50.4 Å². The molecule has 4 heteroatoms. The van der Waals surface area contributed by atoms with E-state index in [1.807, 2.05) is 25.1 Å². The molecule has 1 saturated heterocycles. The molecule has 0 aliphatic carbocycles. The molecule has 1 aromatic rings. The summed E-state index contributed by atoms with van der Waals surface area (Å²) in [5.41, 5.74) is 1.87. The molecular formula is C15H22N2O2. The number of benzene rings is 1. The van der Waals surface area contributed by atoms with Gasteiger partial charge in [0.2, 0.25) is 5.91 Å².